The van der Waals surface area contributed by atoms with E-state index in [1.54, 1.807) is 12.2 Å². The van der Waals surface area contributed by atoms with Gasteiger partial charge in [-0.3, -0.25) is 4.79 Å². The first-order valence-corrected chi connectivity index (χ1v) is 7.60. The molecular weight excluding hydrogens is 290 g/mol. The SMILES string of the molecule is Cc1ccccc1CCNC(=O)/C=C/c1ccc(Cl)s1. The Hall–Kier alpha value is -1.58. The van der Waals surface area contributed by atoms with Crippen molar-refractivity contribution in [2.75, 3.05) is 6.54 Å². The minimum absolute atomic E-state index is 0.0805. The number of benzene rings is 1. The van der Waals surface area contributed by atoms with E-state index in [2.05, 4.69) is 24.4 Å². The quantitative estimate of drug-likeness (QED) is 0.829. The maximum Gasteiger partial charge on any atom is 0.244 e. The Kier molecular flexibility index (Phi) is 5.39. The van der Waals surface area contributed by atoms with Crippen molar-refractivity contribution in [2.24, 2.45) is 0 Å². The Labute approximate surface area is 128 Å². The van der Waals surface area contributed by atoms with E-state index in [-0.39, 0.29) is 5.91 Å². The Balaban J connectivity index is 1.78. The summed E-state index contributed by atoms with van der Waals surface area (Å²) in [6.45, 7) is 2.72. The van der Waals surface area contributed by atoms with Crippen molar-refractivity contribution in [3.63, 3.8) is 0 Å². The first-order chi connectivity index (χ1) is 9.65. The van der Waals surface area contributed by atoms with Crippen molar-refractivity contribution >= 4 is 34.9 Å². The van der Waals surface area contributed by atoms with Gasteiger partial charge in [0.25, 0.3) is 0 Å². The second-order valence-corrected chi connectivity index (χ2v) is 6.19. The number of nitrogens with one attached hydrogen (secondary N) is 1. The van der Waals surface area contributed by atoms with E-state index in [9.17, 15) is 4.79 Å². The molecule has 0 atom stereocenters. The molecule has 0 aliphatic heterocycles. The zero-order valence-corrected chi connectivity index (χ0v) is 12.8. The molecule has 2 rings (SSSR count). The van der Waals surface area contributed by atoms with Crippen molar-refractivity contribution in [1.82, 2.24) is 5.32 Å². The van der Waals surface area contributed by atoms with Crippen LogP contribution in [0.1, 0.15) is 16.0 Å². The Morgan fingerprint density at radius 2 is 2.10 bits per heavy atom. The summed E-state index contributed by atoms with van der Waals surface area (Å²) in [5.41, 5.74) is 2.52. The van der Waals surface area contributed by atoms with Crippen LogP contribution in [0.25, 0.3) is 6.08 Å². The summed E-state index contributed by atoms with van der Waals surface area (Å²) in [4.78, 5) is 12.6. The molecule has 4 heteroatoms. The van der Waals surface area contributed by atoms with Gasteiger partial charge in [0.05, 0.1) is 4.34 Å². The predicted molar refractivity (Wildman–Crippen MR) is 86.3 cm³/mol. The second-order valence-electron chi connectivity index (χ2n) is 4.44. The number of hydrogen-bond donors (Lipinski definition) is 1. The Morgan fingerprint density at radius 3 is 2.80 bits per heavy atom. The van der Waals surface area contributed by atoms with Gasteiger partial charge < -0.3 is 5.32 Å². The molecule has 0 saturated carbocycles. The summed E-state index contributed by atoms with van der Waals surface area (Å²) < 4.78 is 0.726. The molecule has 0 fully saturated rings. The maximum absolute atomic E-state index is 11.7. The van der Waals surface area contributed by atoms with Crippen molar-refractivity contribution in [3.8, 4) is 0 Å². The van der Waals surface area contributed by atoms with Crippen LogP contribution in [-0.2, 0) is 11.2 Å². The normalized spacial score (nSPS) is 10.9. The number of carbonyl (C=O) groups excluding carboxylic acids is 1. The standard InChI is InChI=1S/C16H16ClNOS/c1-12-4-2-3-5-13(12)10-11-18-16(19)9-7-14-6-8-15(17)20-14/h2-9H,10-11H2,1H3,(H,18,19)/b9-7+. The Morgan fingerprint density at radius 1 is 1.30 bits per heavy atom. The van der Waals surface area contributed by atoms with E-state index in [1.165, 1.54) is 22.5 Å². The molecule has 2 aromatic rings. The minimum Gasteiger partial charge on any atom is -0.352 e. The van der Waals surface area contributed by atoms with Crippen LogP contribution in [0.4, 0.5) is 0 Å². The maximum atomic E-state index is 11.7. The zero-order valence-electron chi connectivity index (χ0n) is 11.2. The average molecular weight is 306 g/mol. The molecule has 1 aromatic carbocycles. The molecule has 1 aromatic heterocycles. The monoisotopic (exact) mass is 305 g/mol. The van der Waals surface area contributed by atoms with Crippen molar-refractivity contribution in [3.05, 3.63) is 62.8 Å². The highest BCUT2D eigenvalue weighted by Gasteiger charge is 1.99. The smallest absolute Gasteiger partial charge is 0.244 e. The lowest BCUT2D eigenvalue weighted by Gasteiger charge is -2.05. The lowest BCUT2D eigenvalue weighted by atomic mass is 10.1. The highest BCUT2D eigenvalue weighted by molar-refractivity contribution is 7.17. The number of hydrogen-bond acceptors (Lipinski definition) is 2. The van der Waals surface area contributed by atoms with Gasteiger partial charge >= 0.3 is 0 Å². The van der Waals surface area contributed by atoms with E-state index >= 15 is 0 Å². The van der Waals surface area contributed by atoms with Gasteiger partial charge in [0, 0.05) is 17.5 Å². The van der Waals surface area contributed by atoms with Crippen LogP contribution in [0.2, 0.25) is 4.34 Å². The predicted octanol–water partition coefficient (Wildman–Crippen LogP) is 4.08. The summed E-state index contributed by atoms with van der Waals surface area (Å²) in [5.74, 6) is -0.0805. The topological polar surface area (TPSA) is 29.1 Å². The summed E-state index contributed by atoms with van der Waals surface area (Å²) in [7, 11) is 0. The van der Waals surface area contributed by atoms with Gasteiger partial charge in [0.1, 0.15) is 0 Å². The van der Waals surface area contributed by atoms with E-state index in [4.69, 9.17) is 11.6 Å². The third kappa shape index (κ3) is 4.51. The first-order valence-electron chi connectivity index (χ1n) is 6.41. The number of halogens is 1. The molecule has 0 bridgehead atoms. The highest BCUT2D eigenvalue weighted by atomic mass is 35.5. The molecule has 0 aliphatic carbocycles. The van der Waals surface area contributed by atoms with Gasteiger partial charge in [-0.15, -0.1) is 11.3 Å². The molecule has 0 unspecified atom stereocenters. The lowest BCUT2D eigenvalue weighted by molar-refractivity contribution is -0.116. The van der Waals surface area contributed by atoms with E-state index in [1.807, 2.05) is 24.3 Å². The van der Waals surface area contributed by atoms with Crippen LogP contribution in [-0.4, -0.2) is 12.5 Å². The van der Waals surface area contributed by atoms with Crippen LogP contribution in [0.5, 0.6) is 0 Å². The van der Waals surface area contributed by atoms with Crippen molar-refractivity contribution in [1.29, 1.82) is 0 Å². The molecule has 0 aliphatic rings. The molecule has 20 heavy (non-hydrogen) atoms. The third-order valence-corrected chi connectivity index (χ3v) is 4.14. The van der Waals surface area contributed by atoms with Crippen LogP contribution in [0.15, 0.2) is 42.5 Å². The fraction of sp³-hybridized carbons (Fsp3) is 0.188. The molecule has 0 saturated heterocycles. The third-order valence-electron chi connectivity index (χ3n) is 2.95. The fourth-order valence-corrected chi connectivity index (χ4v) is 2.81. The minimum atomic E-state index is -0.0805. The number of aryl methyl sites for hydroxylation is 1. The van der Waals surface area contributed by atoms with Crippen molar-refractivity contribution in [2.45, 2.75) is 13.3 Å². The fourth-order valence-electron chi connectivity index (χ4n) is 1.85. The molecule has 0 radical (unpaired) electrons. The summed E-state index contributed by atoms with van der Waals surface area (Å²) in [5, 5.41) is 2.88. The van der Waals surface area contributed by atoms with Crippen LogP contribution in [0, 0.1) is 6.92 Å². The summed E-state index contributed by atoms with van der Waals surface area (Å²) in [6.07, 6.45) is 4.16. The average Bonchev–Trinajstić information content (AvgIpc) is 2.84. The first kappa shape index (κ1) is 14.8. The molecule has 104 valence electrons. The molecule has 2 nitrogen and oxygen atoms in total. The van der Waals surface area contributed by atoms with Gasteiger partial charge in [0.2, 0.25) is 5.91 Å². The van der Waals surface area contributed by atoms with Crippen LogP contribution in [0.3, 0.4) is 0 Å². The Bertz CT molecular complexity index is 618. The van der Waals surface area contributed by atoms with E-state index in [0.29, 0.717) is 6.54 Å². The number of thiophene rings is 1. The summed E-state index contributed by atoms with van der Waals surface area (Å²) in [6, 6.07) is 11.9. The van der Waals surface area contributed by atoms with Crippen molar-refractivity contribution < 1.29 is 4.79 Å². The largest absolute Gasteiger partial charge is 0.352 e. The molecular formula is C16H16ClNOS. The number of amides is 1. The van der Waals surface area contributed by atoms with Gasteiger partial charge in [-0.1, -0.05) is 35.9 Å². The van der Waals surface area contributed by atoms with Gasteiger partial charge in [0.15, 0.2) is 0 Å². The van der Waals surface area contributed by atoms with Gasteiger partial charge in [-0.05, 0) is 42.7 Å². The molecule has 1 amide bonds. The van der Waals surface area contributed by atoms with E-state index in [0.717, 1.165) is 15.6 Å². The lowest BCUT2D eigenvalue weighted by Crippen LogP contribution is -2.23. The summed E-state index contributed by atoms with van der Waals surface area (Å²) >= 11 is 7.28. The van der Waals surface area contributed by atoms with Crippen LogP contribution < -0.4 is 5.32 Å². The number of carbonyl (C=O) groups is 1. The zero-order chi connectivity index (χ0) is 14.4. The highest BCUT2D eigenvalue weighted by Crippen LogP contribution is 2.22. The molecule has 1 N–H and O–H groups in total. The van der Waals surface area contributed by atoms with E-state index < -0.39 is 0 Å². The van der Waals surface area contributed by atoms with Gasteiger partial charge in [-0.25, -0.2) is 0 Å². The van der Waals surface area contributed by atoms with Gasteiger partial charge in [-0.2, -0.15) is 0 Å². The van der Waals surface area contributed by atoms with Crippen LogP contribution >= 0.6 is 22.9 Å². The molecule has 1 heterocycles. The molecule has 0 spiro atoms. The number of rotatable bonds is 5. The second kappa shape index (κ2) is 7.27.